The minimum atomic E-state index is -0.426. The van der Waals surface area contributed by atoms with Crippen LogP contribution in [0.3, 0.4) is 0 Å². The lowest BCUT2D eigenvalue weighted by molar-refractivity contribution is 0.0594. The molecular weight excluding hydrogens is 288 g/mol. The van der Waals surface area contributed by atoms with Crippen LogP contribution < -0.4 is 0 Å². The van der Waals surface area contributed by atoms with Gasteiger partial charge in [-0.05, 0) is 12.5 Å². The molecule has 0 aliphatic carbocycles. The molecule has 0 aliphatic rings. The van der Waals surface area contributed by atoms with Crippen LogP contribution in [0.2, 0.25) is 0 Å². The van der Waals surface area contributed by atoms with E-state index in [9.17, 15) is 4.79 Å². The van der Waals surface area contributed by atoms with Crippen molar-refractivity contribution in [3.63, 3.8) is 0 Å². The summed E-state index contributed by atoms with van der Waals surface area (Å²) in [5.41, 5.74) is 3.62. The number of nitrogens with zero attached hydrogens (tertiary/aromatic N) is 2. The Morgan fingerprint density at radius 1 is 1.09 bits per heavy atom. The Bertz CT molecular complexity index is 805. The minimum Gasteiger partial charge on any atom is -0.464 e. The first-order valence-corrected chi connectivity index (χ1v) is 7.44. The third-order valence-corrected chi connectivity index (χ3v) is 3.68. The van der Waals surface area contributed by atoms with Crippen LogP contribution in [-0.4, -0.2) is 22.6 Å². The van der Waals surface area contributed by atoms with Crippen LogP contribution >= 0.6 is 0 Å². The highest BCUT2D eigenvalue weighted by atomic mass is 16.5. The molecule has 0 N–H and O–H groups in total. The molecule has 4 nitrogen and oxygen atoms in total. The SMILES string of the molecule is COC(=O)c1cn(Cc2ccccc2)c(-c2ccc(C)cc2)n1. The first-order valence-electron chi connectivity index (χ1n) is 7.44. The van der Waals surface area contributed by atoms with Crippen LogP contribution in [0.25, 0.3) is 11.4 Å². The van der Waals surface area contributed by atoms with E-state index >= 15 is 0 Å². The van der Waals surface area contributed by atoms with Crippen LogP contribution in [0, 0.1) is 6.92 Å². The Morgan fingerprint density at radius 2 is 1.78 bits per heavy atom. The predicted molar refractivity (Wildman–Crippen MR) is 89.3 cm³/mol. The van der Waals surface area contributed by atoms with Crippen LogP contribution in [0.15, 0.2) is 60.8 Å². The van der Waals surface area contributed by atoms with Crippen molar-refractivity contribution in [3.8, 4) is 11.4 Å². The van der Waals surface area contributed by atoms with Crippen molar-refractivity contribution in [1.29, 1.82) is 0 Å². The number of ether oxygens (including phenoxy) is 1. The molecule has 0 unspecified atom stereocenters. The Balaban J connectivity index is 2.03. The van der Waals surface area contributed by atoms with Gasteiger partial charge >= 0.3 is 5.97 Å². The van der Waals surface area contributed by atoms with E-state index in [0.717, 1.165) is 17.0 Å². The van der Waals surface area contributed by atoms with Crippen molar-refractivity contribution in [2.24, 2.45) is 0 Å². The van der Waals surface area contributed by atoms with Crippen molar-refractivity contribution < 1.29 is 9.53 Å². The standard InChI is InChI=1S/C19H18N2O2/c1-14-8-10-16(11-9-14)18-20-17(19(22)23-2)13-21(18)12-15-6-4-3-5-7-15/h3-11,13H,12H2,1-2H3. The zero-order valence-corrected chi connectivity index (χ0v) is 13.2. The van der Waals surface area contributed by atoms with Gasteiger partial charge in [0.2, 0.25) is 0 Å². The Hall–Kier alpha value is -2.88. The van der Waals surface area contributed by atoms with E-state index in [1.165, 1.54) is 12.7 Å². The molecule has 0 radical (unpaired) electrons. The van der Waals surface area contributed by atoms with Gasteiger partial charge in [-0.3, -0.25) is 0 Å². The van der Waals surface area contributed by atoms with Crippen LogP contribution in [-0.2, 0) is 11.3 Å². The van der Waals surface area contributed by atoms with E-state index in [-0.39, 0.29) is 0 Å². The summed E-state index contributed by atoms with van der Waals surface area (Å²) in [6.07, 6.45) is 1.74. The van der Waals surface area contributed by atoms with E-state index in [2.05, 4.69) is 17.1 Å². The number of hydrogen-bond donors (Lipinski definition) is 0. The maximum atomic E-state index is 11.8. The minimum absolute atomic E-state index is 0.319. The first-order chi connectivity index (χ1) is 11.2. The molecule has 0 aliphatic heterocycles. The highest BCUT2D eigenvalue weighted by molar-refractivity contribution is 5.87. The Labute approximate surface area is 135 Å². The van der Waals surface area contributed by atoms with Gasteiger partial charge in [-0.2, -0.15) is 0 Å². The summed E-state index contributed by atoms with van der Waals surface area (Å²) in [4.78, 5) is 16.3. The number of esters is 1. The topological polar surface area (TPSA) is 44.1 Å². The fourth-order valence-corrected chi connectivity index (χ4v) is 2.45. The van der Waals surface area contributed by atoms with Gasteiger partial charge in [-0.25, -0.2) is 9.78 Å². The second-order valence-corrected chi connectivity index (χ2v) is 5.42. The average Bonchev–Trinajstić information content (AvgIpc) is 2.99. The molecule has 0 fully saturated rings. The number of rotatable bonds is 4. The third-order valence-electron chi connectivity index (χ3n) is 3.68. The number of benzene rings is 2. The van der Waals surface area contributed by atoms with Crippen LogP contribution in [0.5, 0.6) is 0 Å². The van der Waals surface area contributed by atoms with Gasteiger partial charge in [0.15, 0.2) is 5.69 Å². The normalized spacial score (nSPS) is 10.5. The number of carbonyl (C=O) groups excluding carboxylic acids is 1. The molecule has 0 saturated carbocycles. The number of methoxy groups -OCH3 is 1. The summed E-state index contributed by atoms with van der Waals surface area (Å²) in [5, 5.41) is 0. The lowest BCUT2D eigenvalue weighted by Crippen LogP contribution is -2.01. The maximum absolute atomic E-state index is 11.8. The second kappa shape index (κ2) is 6.48. The predicted octanol–water partition coefficient (Wildman–Crippen LogP) is 3.69. The van der Waals surface area contributed by atoms with E-state index in [1.807, 2.05) is 54.0 Å². The van der Waals surface area contributed by atoms with Crippen molar-refractivity contribution in [2.45, 2.75) is 13.5 Å². The first kappa shape index (κ1) is 15.0. The van der Waals surface area contributed by atoms with Gasteiger partial charge in [0.25, 0.3) is 0 Å². The van der Waals surface area contributed by atoms with Crippen LogP contribution in [0.1, 0.15) is 21.6 Å². The number of aryl methyl sites for hydroxylation is 1. The maximum Gasteiger partial charge on any atom is 0.358 e. The van der Waals surface area contributed by atoms with Crippen molar-refractivity contribution >= 4 is 5.97 Å². The van der Waals surface area contributed by atoms with E-state index < -0.39 is 5.97 Å². The summed E-state index contributed by atoms with van der Waals surface area (Å²) in [6, 6.07) is 18.2. The second-order valence-electron chi connectivity index (χ2n) is 5.42. The molecule has 1 heterocycles. The van der Waals surface area contributed by atoms with Gasteiger partial charge in [-0.15, -0.1) is 0 Å². The molecule has 23 heavy (non-hydrogen) atoms. The van der Waals surface area contributed by atoms with Gasteiger partial charge in [0.1, 0.15) is 5.82 Å². The fraction of sp³-hybridized carbons (Fsp3) is 0.158. The lowest BCUT2D eigenvalue weighted by atomic mass is 10.1. The molecule has 0 atom stereocenters. The monoisotopic (exact) mass is 306 g/mol. The molecule has 0 saturated heterocycles. The number of hydrogen-bond acceptors (Lipinski definition) is 3. The summed E-state index contributed by atoms with van der Waals surface area (Å²) >= 11 is 0. The summed E-state index contributed by atoms with van der Waals surface area (Å²) in [7, 11) is 1.37. The highest BCUT2D eigenvalue weighted by Crippen LogP contribution is 2.21. The van der Waals surface area contributed by atoms with E-state index in [4.69, 9.17) is 4.74 Å². The zero-order chi connectivity index (χ0) is 16.2. The molecule has 0 bridgehead atoms. The highest BCUT2D eigenvalue weighted by Gasteiger charge is 2.16. The molecule has 1 aromatic heterocycles. The largest absolute Gasteiger partial charge is 0.464 e. The molecule has 3 aromatic rings. The number of carbonyl (C=O) groups is 1. The molecule has 4 heteroatoms. The van der Waals surface area contributed by atoms with Gasteiger partial charge < -0.3 is 9.30 Å². The zero-order valence-electron chi connectivity index (χ0n) is 13.2. The molecule has 3 rings (SSSR count). The smallest absolute Gasteiger partial charge is 0.358 e. The van der Waals surface area contributed by atoms with Gasteiger partial charge in [-0.1, -0.05) is 60.2 Å². The molecule has 0 spiro atoms. The third kappa shape index (κ3) is 3.31. The molecule has 116 valence electrons. The van der Waals surface area contributed by atoms with Crippen molar-refractivity contribution in [1.82, 2.24) is 9.55 Å². The number of imidazole rings is 1. The summed E-state index contributed by atoms with van der Waals surface area (Å²) in [5.74, 6) is 0.333. The van der Waals surface area contributed by atoms with E-state index in [0.29, 0.717) is 12.2 Å². The fourth-order valence-electron chi connectivity index (χ4n) is 2.45. The number of aromatic nitrogens is 2. The van der Waals surface area contributed by atoms with Crippen molar-refractivity contribution in [3.05, 3.63) is 77.6 Å². The molecule has 2 aromatic carbocycles. The Morgan fingerprint density at radius 3 is 2.43 bits per heavy atom. The van der Waals surface area contributed by atoms with E-state index in [1.54, 1.807) is 6.20 Å². The van der Waals surface area contributed by atoms with Gasteiger partial charge in [0.05, 0.1) is 7.11 Å². The lowest BCUT2D eigenvalue weighted by Gasteiger charge is -2.08. The van der Waals surface area contributed by atoms with Crippen molar-refractivity contribution in [2.75, 3.05) is 7.11 Å². The van der Waals surface area contributed by atoms with Crippen LogP contribution in [0.4, 0.5) is 0 Å². The van der Waals surface area contributed by atoms with Gasteiger partial charge in [0, 0.05) is 18.3 Å². The summed E-state index contributed by atoms with van der Waals surface area (Å²) in [6.45, 7) is 2.69. The quantitative estimate of drug-likeness (QED) is 0.690. The average molecular weight is 306 g/mol. The summed E-state index contributed by atoms with van der Waals surface area (Å²) < 4.78 is 6.77. The molecule has 0 amide bonds. The molecular formula is C19H18N2O2. The Kier molecular flexibility index (Phi) is 4.24.